The van der Waals surface area contributed by atoms with Crippen molar-refractivity contribution in [2.24, 2.45) is 5.92 Å². The number of hydrogen-bond donors (Lipinski definition) is 1. The molecule has 0 aromatic heterocycles. The number of hydrogen-bond acceptors (Lipinski definition) is 1. The first kappa shape index (κ1) is 14.8. The van der Waals surface area contributed by atoms with Crippen LogP contribution in [0.1, 0.15) is 57.6 Å². The first-order valence-corrected chi connectivity index (χ1v) is 7.66. The van der Waals surface area contributed by atoms with Gasteiger partial charge in [0, 0.05) is 12.1 Å². The summed E-state index contributed by atoms with van der Waals surface area (Å²) in [5.41, 5.74) is 1.06. The molecule has 1 aromatic rings. The largest absolute Gasteiger partial charge is 0.307 e. The molecular weight excluding hydrogens is 261 g/mol. The van der Waals surface area contributed by atoms with E-state index in [1.54, 1.807) is 6.07 Å². The minimum atomic E-state index is -0.347. The van der Waals surface area contributed by atoms with Crippen molar-refractivity contribution in [3.05, 3.63) is 34.6 Å². The number of halogens is 2. The molecule has 3 atom stereocenters. The minimum Gasteiger partial charge on any atom is -0.307 e. The van der Waals surface area contributed by atoms with Crippen LogP contribution in [0, 0.1) is 11.7 Å². The molecule has 1 aliphatic carbocycles. The molecule has 3 heteroatoms. The lowest BCUT2D eigenvalue weighted by atomic mass is 9.95. The zero-order chi connectivity index (χ0) is 13.8. The van der Waals surface area contributed by atoms with Gasteiger partial charge in [0.2, 0.25) is 0 Å². The summed E-state index contributed by atoms with van der Waals surface area (Å²) in [5.74, 6) is 0.362. The molecule has 1 aliphatic rings. The van der Waals surface area contributed by atoms with Crippen LogP contribution in [0.5, 0.6) is 0 Å². The minimum absolute atomic E-state index is 0.208. The van der Waals surface area contributed by atoms with E-state index in [2.05, 4.69) is 19.2 Å². The van der Waals surface area contributed by atoms with Crippen molar-refractivity contribution in [2.45, 2.75) is 58.0 Å². The van der Waals surface area contributed by atoms with E-state index in [0.717, 1.165) is 5.56 Å². The van der Waals surface area contributed by atoms with Crippen molar-refractivity contribution in [1.82, 2.24) is 5.32 Å². The Hall–Kier alpha value is -0.600. The fraction of sp³-hybridized carbons (Fsp3) is 0.625. The third kappa shape index (κ3) is 3.93. The van der Waals surface area contributed by atoms with Crippen LogP contribution in [0.25, 0.3) is 0 Å². The highest BCUT2D eigenvalue weighted by Crippen LogP contribution is 2.26. The van der Waals surface area contributed by atoms with E-state index >= 15 is 0 Å². The van der Waals surface area contributed by atoms with E-state index in [-0.39, 0.29) is 16.9 Å². The van der Waals surface area contributed by atoms with E-state index < -0.39 is 0 Å². The summed E-state index contributed by atoms with van der Waals surface area (Å²) in [6.07, 6.45) is 6.53. The van der Waals surface area contributed by atoms with Crippen LogP contribution in [0.3, 0.4) is 0 Å². The van der Waals surface area contributed by atoms with Gasteiger partial charge in [-0.05, 0) is 43.4 Å². The van der Waals surface area contributed by atoms with Crippen LogP contribution in [-0.2, 0) is 0 Å². The van der Waals surface area contributed by atoms with Gasteiger partial charge in [0.25, 0.3) is 0 Å². The van der Waals surface area contributed by atoms with Crippen molar-refractivity contribution in [3.8, 4) is 0 Å². The van der Waals surface area contributed by atoms with Crippen molar-refractivity contribution < 1.29 is 4.39 Å². The maximum Gasteiger partial charge on any atom is 0.141 e. The van der Waals surface area contributed by atoms with Crippen molar-refractivity contribution in [1.29, 1.82) is 0 Å². The van der Waals surface area contributed by atoms with Crippen molar-refractivity contribution in [2.75, 3.05) is 0 Å². The van der Waals surface area contributed by atoms with E-state index in [1.807, 2.05) is 6.07 Å². The Kier molecular flexibility index (Phi) is 5.23. The Morgan fingerprint density at radius 1 is 1.26 bits per heavy atom. The zero-order valence-corrected chi connectivity index (χ0v) is 12.5. The van der Waals surface area contributed by atoms with E-state index in [0.29, 0.717) is 12.0 Å². The first-order chi connectivity index (χ1) is 9.08. The second kappa shape index (κ2) is 6.71. The molecule has 1 aromatic carbocycles. The molecular formula is C16H23ClFN. The number of nitrogens with one attached hydrogen (secondary N) is 1. The van der Waals surface area contributed by atoms with Gasteiger partial charge in [0.1, 0.15) is 5.82 Å². The fourth-order valence-electron chi connectivity index (χ4n) is 2.94. The molecule has 0 spiro atoms. The van der Waals surface area contributed by atoms with Crippen LogP contribution in [-0.4, -0.2) is 6.04 Å². The molecule has 3 unspecified atom stereocenters. The summed E-state index contributed by atoms with van der Waals surface area (Å²) >= 11 is 5.85. The molecule has 106 valence electrons. The Balaban J connectivity index is 2.02. The number of benzene rings is 1. The highest BCUT2D eigenvalue weighted by atomic mass is 35.5. The molecule has 1 fully saturated rings. The average molecular weight is 284 g/mol. The van der Waals surface area contributed by atoms with Gasteiger partial charge < -0.3 is 5.32 Å². The molecule has 19 heavy (non-hydrogen) atoms. The molecule has 0 aliphatic heterocycles. The van der Waals surface area contributed by atoms with Crippen LogP contribution in [0.15, 0.2) is 18.2 Å². The molecule has 2 rings (SSSR count). The summed E-state index contributed by atoms with van der Waals surface area (Å²) in [4.78, 5) is 0. The highest BCUT2D eigenvalue weighted by molar-refractivity contribution is 6.30. The molecule has 1 N–H and O–H groups in total. The predicted octanol–water partition coefficient (Wildman–Crippen LogP) is 5.10. The van der Waals surface area contributed by atoms with Crippen molar-refractivity contribution >= 4 is 11.6 Å². The number of rotatable bonds is 3. The molecule has 0 radical (unpaired) electrons. The van der Waals surface area contributed by atoms with Gasteiger partial charge in [-0.25, -0.2) is 4.39 Å². The zero-order valence-electron chi connectivity index (χ0n) is 11.8. The second-order valence-corrected chi connectivity index (χ2v) is 6.19. The lowest BCUT2D eigenvalue weighted by Crippen LogP contribution is -2.36. The third-order valence-electron chi connectivity index (χ3n) is 4.27. The van der Waals surface area contributed by atoms with Gasteiger partial charge >= 0.3 is 0 Å². The summed E-state index contributed by atoms with van der Waals surface area (Å²) in [6, 6.07) is 5.77. The standard InChI is InChI=1S/C16H23ClFN/c1-11-6-4-3-5-7-16(11)19-12(2)13-8-9-15(18)14(17)10-13/h8-12,16,19H,3-7H2,1-2H3. The third-order valence-corrected chi connectivity index (χ3v) is 4.56. The van der Waals surface area contributed by atoms with Gasteiger partial charge in [-0.1, -0.05) is 43.9 Å². The fourth-order valence-corrected chi connectivity index (χ4v) is 3.13. The lowest BCUT2D eigenvalue weighted by molar-refractivity contribution is 0.330. The molecule has 1 nitrogen and oxygen atoms in total. The maximum absolute atomic E-state index is 13.2. The van der Waals surface area contributed by atoms with Gasteiger partial charge in [-0.2, -0.15) is 0 Å². The molecule has 0 amide bonds. The monoisotopic (exact) mass is 283 g/mol. The summed E-state index contributed by atoms with van der Waals surface area (Å²) in [7, 11) is 0. The lowest BCUT2D eigenvalue weighted by Gasteiger charge is -2.27. The van der Waals surface area contributed by atoms with Gasteiger partial charge in [0.15, 0.2) is 0 Å². The van der Waals surface area contributed by atoms with E-state index in [1.165, 1.54) is 38.2 Å². The normalized spacial score (nSPS) is 25.9. The Bertz CT molecular complexity index is 421. The van der Waals surface area contributed by atoms with Crippen LogP contribution < -0.4 is 5.32 Å². The smallest absolute Gasteiger partial charge is 0.141 e. The maximum atomic E-state index is 13.2. The summed E-state index contributed by atoms with van der Waals surface area (Å²) < 4.78 is 13.2. The topological polar surface area (TPSA) is 12.0 Å². The van der Waals surface area contributed by atoms with Crippen LogP contribution in [0.4, 0.5) is 4.39 Å². The molecule has 0 saturated heterocycles. The van der Waals surface area contributed by atoms with E-state index in [4.69, 9.17) is 11.6 Å². The highest BCUT2D eigenvalue weighted by Gasteiger charge is 2.21. The van der Waals surface area contributed by atoms with Crippen LogP contribution in [0.2, 0.25) is 5.02 Å². The predicted molar refractivity (Wildman–Crippen MR) is 79.0 cm³/mol. The van der Waals surface area contributed by atoms with Gasteiger partial charge in [0.05, 0.1) is 5.02 Å². The second-order valence-electron chi connectivity index (χ2n) is 5.78. The quantitative estimate of drug-likeness (QED) is 0.761. The summed E-state index contributed by atoms with van der Waals surface area (Å²) in [5, 5.41) is 3.90. The first-order valence-electron chi connectivity index (χ1n) is 7.29. The Morgan fingerprint density at radius 2 is 2.00 bits per heavy atom. The van der Waals surface area contributed by atoms with Gasteiger partial charge in [-0.15, -0.1) is 0 Å². The average Bonchev–Trinajstić information content (AvgIpc) is 2.58. The van der Waals surface area contributed by atoms with Gasteiger partial charge in [-0.3, -0.25) is 0 Å². The summed E-state index contributed by atoms with van der Waals surface area (Å²) in [6.45, 7) is 4.45. The molecule has 0 bridgehead atoms. The molecule has 1 saturated carbocycles. The Labute approximate surface area is 120 Å². The Morgan fingerprint density at radius 3 is 2.74 bits per heavy atom. The SMILES string of the molecule is CC(NC1CCCCCC1C)c1ccc(F)c(Cl)c1. The van der Waals surface area contributed by atoms with Crippen LogP contribution >= 0.6 is 11.6 Å². The van der Waals surface area contributed by atoms with E-state index in [9.17, 15) is 4.39 Å². The molecule has 0 heterocycles. The van der Waals surface area contributed by atoms with Crippen molar-refractivity contribution in [3.63, 3.8) is 0 Å².